The van der Waals surface area contributed by atoms with Gasteiger partial charge in [0.1, 0.15) is 0 Å². The van der Waals surface area contributed by atoms with Gasteiger partial charge in [-0.25, -0.2) is 9.79 Å². The van der Waals surface area contributed by atoms with E-state index in [1.807, 2.05) is 12.1 Å². The van der Waals surface area contributed by atoms with Gasteiger partial charge in [0.25, 0.3) is 0 Å². The summed E-state index contributed by atoms with van der Waals surface area (Å²) in [6, 6.07) is 6.21. The lowest BCUT2D eigenvalue weighted by molar-refractivity contribution is 0.122. The fourth-order valence-corrected chi connectivity index (χ4v) is 2.02. The van der Waals surface area contributed by atoms with Gasteiger partial charge in [0.05, 0.1) is 19.8 Å². The van der Waals surface area contributed by atoms with Crippen LogP contribution >= 0.6 is 0 Å². The molecular weight excluding hydrogens is 216 g/mol. The molecular formula is C13H16N2O2. The molecule has 1 heterocycles. The van der Waals surface area contributed by atoms with Crippen molar-refractivity contribution in [3.05, 3.63) is 29.3 Å². The minimum atomic E-state index is 0.399. The fraction of sp³-hybridized carbons (Fsp3) is 0.462. The maximum Gasteiger partial charge on any atom is 0.235 e. The normalized spacial score (nSPS) is 15.5. The van der Waals surface area contributed by atoms with Crippen LogP contribution in [0.1, 0.15) is 11.1 Å². The molecule has 1 aliphatic heterocycles. The Morgan fingerprint density at radius 1 is 1.41 bits per heavy atom. The van der Waals surface area contributed by atoms with Gasteiger partial charge in [0.15, 0.2) is 0 Å². The molecule has 17 heavy (non-hydrogen) atoms. The van der Waals surface area contributed by atoms with Crippen molar-refractivity contribution in [2.24, 2.45) is 4.99 Å². The van der Waals surface area contributed by atoms with Gasteiger partial charge in [-0.3, -0.25) is 0 Å². The average Bonchev–Trinajstić information content (AvgIpc) is 2.38. The van der Waals surface area contributed by atoms with E-state index in [4.69, 9.17) is 4.74 Å². The predicted octanol–water partition coefficient (Wildman–Crippen LogP) is 1.67. The minimum Gasteiger partial charge on any atom is -0.378 e. The number of nitrogens with zero attached hydrogens (tertiary/aromatic N) is 2. The number of morpholine rings is 1. The summed E-state index contributed by atoms with van der Waals surface area (Å²) in [4.78, 5) is 16.2. The third-order valence-electron chi connectivity index (χ3n) is 2.91. The van der Waals surface area contributed by atoms with Gasteiger partial charge in [0, 0.05) is 18.8 Å². The molecule has 1 fully saturated rings. The van der Waals surface area contributed by atoms with Crippen LogP contribution in [-0.4, -0.2) is 32.4 Å². The van der Waals surface area contributed by atoms with Crippen LogP contribution in [0.25, 0.3) is 0 Å². The second kappa shape index (κ2) is 5.62. The minimum absolute atomic E-state index is 0.399. The first-order valence-electron chi connectivity index (χ1n) is 5.77. The number of carbonyl (C=O) groups excluding carboxylic acids is 1. The van der Waals surface area contributed by atoms with Crippen molar-refractivity contribution < 1.29 is 9.53 Å². The number of isocyanates is 1. The van der Waals surface area contributed by atoms with Gasteiger partial charge in [0.2, 0.25) is 6.08 Å². The van der Waals surface area contributed by atoms with E-state index in [0.717, 1.165) is 37.6 Å². The van der Waals surface area contributed by atoms with Gasteiger partial charge in [-0.1, -0.05) is 12.1 Å². The van der Waals surface area contributed by atoms with Crippen LogP contribution < -0.4 is 4.90 Å². The van der Waals surface area contributed by atoms with Crippen molar-refractivity contribution in [2.45, 2.75) is 13.5 Å². The molecule has 0 amide bonds. The zero-order valence-electron chi connectivity index (χ0n) is 9.98. The molecule has 0 aromatic heterocycles. The number of hydrogen-bond acceptors (Lipinski definition) is 4. The summed E-state index contributed by atoms with van der Waals surface area (Å²) in [7, 11) is 0. The number of aryl methyl sites for hydroxylation is 1. The SMILES string of the molecule is Cc1ccc(CN=C=O)c(N2CCOCC2)c1. The molecule has 4 nitrogen and oxygen atoms in total. The fourth-order valence-electron chi connectivity index (χ4n) is 2.02. The third kappa shape index (κ3) is 2.93. The Morgan fingerprint density at radius 3 is 2.88 bits per heavy atom. The van der Waals surface area contributed by atoms with E-state index in [1.54, 1.807) is 6.08 Å². The highest BCUT2D eigenvalue weighted by Crippen LogP contribution is 2.23. The van der Waals surface area contributed by atoms with Crippen LogP contribution in [0.15, 0.2) is 23.2 Å². The van der Waals surface area contributed by atoms with Crippen LogP contribution in [0, 0.1) is 6.92 Å². The highest BCUT2D eigenvalue weighted by Gasteiger charge is 2.14. The maximum absolute atomic E-state index is 10.2. The van der Waals surface area contributed by atoms with Crippen molar-refractivity contribution >= 4 is 11.8 Å². The van der Waals surface area contributed by atoms with E-state index in [1.165, 1.54) is 5.56 Å². The largest absolute Gasteiger partial charge is 0.378 e. The number of ether oxygens (including phenoxy) is 1. The first kappa shape index (κ1) is 11.8. The van der Waals surface area contributed by atoms with Crippen LogP contribution in [0.4, 0.5) is 5.69 Å². The predicted molar refractivity (Wildman–Crippen MR) is 66.0 cm³/mol. The first-order chi connectivity index (χ1) is 8.31. The smallest absolute Gasteiger partial charge is 0.235 e. The van der Waals surface area contributed by atoms with Crippen molar-refractivity contribution in [3.63, 3.8) is 0 Å². The number of rotatable bonds is 3. The lowest BCUT2D eigenvalue weighted by atomic mass is 10.1. The van der Waals surface area contributed by atoms with Crippen LogP contribution in [-0.2, 0) is 16.1 Å². The number of aliphatic imine (C=N–C) groups is 1. The molecule has 2 rings (SSSR count). The third-order valence-corrected chi connectivity index (χ3v) is 2.91. The summed E-state index contributed by atoms with van der Waals surface area (Å²) < 4.78 is 5.34. The quantitative estimate of drug-likeness (QED) is 0.588. The molecule has 90 valence electrons. The standard InChI is InChI=1S/C13H16N2O2/c1-11-2-3-12(9-14-10-16)13(8-11)15-4-6-17-7-5-15/h2-3,8H,4-7,9H2,1H3. The summed E-state index contributed by atoms with van der Waals surface area (Å²) in [5, 5.41) is 0. The van der Waals surface area contributed by atoms with E-state index in [2.05, 4.69) is 22.9 Å². The summed E-state index contributed by atoms with van der Waals surface area (Å²) >= 11 is 0. The molecule has 0 unspecified atom stereocenters. The summed E-state index contributed by atoms with van der Waals surface area (Å²) in [6.07, 6.45) is 1.59. The molecule has 1 saturated heterocycles. The van der Waals surface area contributed by atoms with Gasteiger partial charge in [-0.05, 0) is 24.1 Å². The van der Waals surface area contributed by atoms with Crippen LogP contribution in [0.3, 0.4) is 0 Å². The monoisotopic (exact) mass is 232 g/mol. The summed E-state index contributed by atoms with van der Waals surface area (Å²) in [5.74, 6) is 0. The van der Waals surface area contributed by atoms with Crippen molar-refractivity contribution in [2.75, 3.05) is 31.2 Å². The van der Waals surface area contributed by atoms with E-state index in [-0.39, 0.29) is 0 Å². The number of anilines is 1. The molecule has 0 N–H and O–H groups in total. The first-order valence-corrected chi connectivity index (χ1v) is 5.77. The highest BCUT2D eigenvalue weighted by atomic mass is 16.5. The maximum atomic E-state index is 10.2. The highest BCUT2D eigenvalue weighted by molar-refractivity contribution is 5.56. The van der Waals surface area contributed by atoms with E-state index in [9.17, 15) is 4.79 Å². The molecule has 4 heteroatoms. The zero-order valence-corrected chi connectivity index (χ0v) is 9.98. The van der Waals surface area contributed by atoms with E-state index in [0.29, 0.717) is 6.54 Å². The Kier molecular flexibility index (Phi) is 3.91. The van der Waals surface area contributed by atoms with Crippen molar-refractivity contribution in [1.29, 1.82) is 0 Å². The van der Waals surface area contributed by atoms with Gasteiger partial charge in [-0.2, -0.15) is 0 Å². The van der Waals surface area contributed by atoms with Crippen LogP contribution in [0.5, 0.6) is 0 Å². The zero-order chi connectivity index (χ0) is 12.1. The molecule has 0 aliphatic carbocycles. The second-order valence-electron chi connectivity index (χ2n) is 4.14. The van der Waals surface area contributed by atoms with Crippen molar-refractivity contribution in [3.8, 4) is 0 Å². The molecule has 0 bridgehead atoms. The second-order valence-corrected chi connectivity index (χ2v) is 4.14. The topological polar surface area (TPSA) is 41.9 Å². The van der Waals surface area contributed by atoms with E-state index >= 15 is 0 Å². The summed E-state index contributed by atoms with van der Waals surface area (Å²) in [5.41, 5.74) is 3.44. The Hall–Kier alpha value is -1.64. The molecule has 0 radical (unpaired) electrons. The molecule has 0 spiro atoms. The Bertz CT molecular complexity index is 433. The molecule has 1 aromatic carbocycles. The Balaban J connectivity index is 2.27. The average molecular weight is 232 g/mol. The van der Waals surface area contributed by atoms with Crippen molar-refractivity contribution in [1.82, 2.24) is 0 Å². The summed E-state index contributed by atoms with van der Waals surface area (Å²) in [6.45, 7) is 5.75. The molecule has 0 atom stereocenters. The molecule has 1 aliphatic rings. The van der Waals surface area contributed by atoms with Gasteiger partial charge < -0.3 is 9.64 Å². The number of benzene rings is 1. The van der Waals surface area contributed by atoms with E-state index < -0.39 is 0 Å². The van der Waals surface area contributed by atoms with Crippen LogP contribution in [0.2, 0.25) is 0 Å². The lowest BCUT2D eigenvalue weighted by Crippen LogP contribution is -2.36. The van der Waals surface area contributed by atoms with Gasteiger partial charge in [-0.15, -0.1) is 0 Å². The number of hydrogen-bond donors (Lipinski definition) is 0. The van der Waals surface area contributed by atoms with Gasteiger partial charge >= 0.3 is 0 Å². The Morgan fingerprint density at radius 2 is 2.18 bits per heavy atom. The lowest BCUT2D eigenvalue weighted by Gasteiger charge is -2.30. The Labute approximate surface area is 101 Å². The molecule has 0 saturated carbocycles. The molecule has 1 aromatic rings.